The minimum absolute atomic E-state index is 0.129. The number of rotatable bonds is 4. The van der Waals surface area contributed by atoms with E-state index in [1.807, 2.05) is 26.0 Å². The fraction of sp³-hybridized carbons (Fsp3) is 0.385. The molecule has 1 amide bonds. The van der Waals surface area contributed by atoms with Gasteiger partial charge in [0.15, 0.2) is 0 Å². The zero-order valence-corrected chi connectivity index (χ0v) is 13.4. The first-order chi connectivity index (χ1) is 9.02. The van der Waals surface area contributed by atoms with Crippen LogP contribution in [-0.4, -0.2) is 17.1 Å². The second-order valence-electron chi connectivity index (χ2n) is 4.35. The normalized spacial score (nSPS) is 12.4. The van der Waals surface area contributed by atoms with Crippen molar-refractivity contribution >= 4 is 33.2 Å². The van der Waals surface area contributed by atoms with E-state index in [2.05, 4.69) is 26.4 Å². The summed E-state index contributed by atoms with van der Waals surface area (Å²) in [7, 11) is 0. The van der Waals surface area contributed by atoms with Gasteiger partial charge in [-0.15, -0.1) is 11.3 Å². The molecule has 0 aliphatic heterocycles. The molecule has 2 aromatic rings. The standard InChI is InChI=1S/C13H15BrN2O2S/c1-4-7(2)15-13(17)11-8(3)18-16-12(11)9-5-6-10(14)19-9/h5-7H,4H2,1-3H3,(H,15,17). The summed E-state index contributed by atoms with van der Waals surface area (Å²) in [6.45, 7) is 5.76. The van der Waals surface area contributed by atoms with Crippen molar-refractivity contribution in [3.05, 3.63) is 27.2 Å². The maximum Gasteiger partial charge on any atom is 0.257 e. The summed E-state index contributed by atoms with van der Waals surface area (Å²) in [6, 6.07) is 3.98. The summed E-state index contributed by atoms with van der Waals surface area (Å²) < 4.78 is 6.17. The number of nitrogens with one attached hydrogen (secondary N) is 1. The molecule has 1 N–H and O–H groups in total. The third kappa shape index (κ3) is 3.06. The van der Waals surface area contributed by atoms with Gasteiger partial charge in [0.1, 0.15) is 17.0 Å². The summed E-state index contributed by atoms with van der Waals surface area (Å²) >= 11 is 4.93. The van der Waals surface area contributed by atoms with Crippen LogP contribution in [0.4, 0.5) is 0 Å². The van der Waals surface area contributed by atoms with E-state index < -0.39 is 0 Å². The molecule has 0 saturated carbocycles. The Labute approximate surface area is 124 Å². The third-order valence-electron chi connectivity index (χ3n) is 2.89. The highest BCUT2D eigenvalue weighted by Gasteiger charge is 2.23. The van der Waals surface area contributed by atoms with Crippen LogP contribution in [-0.2, 0) is 0 Å². The van der Waals surface area contributed by atoms with Crippen molar-refractivity contribution in [1.82, 2.24) is 10.5 Å². The van der Waals surface area contributed by atoms with Gasteiger partial charge in [0.25, 0.3) is 5.91 Å². The van der Waals surface area contributed by atoms with E-state index in [0.29, 0.717) is 17.0 Å². The quantitative estimate of drug-likeness (QED) is 0.913. The molecule has 0 aliphatic carbocycles. The lowest BCUT2D eigenvalue weighted by atomic mass is 10.1. The predicted octanol–water partition coefficient (Wildman–Crippen LogP) is 4.00. The molecule has 102 valence electrons. The van der Waals surface area contributed by atoms with Crippen LogP contribution in [0.3, 0.4) is 0 Å². The highest BCUT2D eigenvalue weighted by molar-refractivity contribution is 9.11. The fourth-order valence-electron chi connectivity index (χ4n) is 1.65. The molecule has 2 heterocycles. The summed E-state index contributed by atoms with van der Waals surface area (Å²) in [5.41, 5.74) is 1.13. The Morgan fingerprint density at radius 1 is 1.58 bits per heavy atom. The lowest BCUT2D eigenvalue weighted by Crippen LogP contribution is -2.32. The highest BCUT2D eigenvalue weighted by atomic mass is 79.9. The molecule has 19 heavy (non-hydrogen) atoms. The molecular weight excluding hydrogens is 328 g/mol. The fourth-order valence-corrected chi connectivity index (χ4v) is 3.02. The van der Waals surface area contributed by atoms with Crippen LogP contribution >= 0.6 is 27.3 Å². The Morgan fingerprint density at radius 2 is 2.32 bits per heavy atom. The SMILES string of the molecule is CCC(C)NC(=O)c1c(-c2ccc(Br)s2)noc1C. The van der Waals surface area contributed by atoms with Crippen LogP contribution in [0, 0.1) is 6.92 Å². The van der Waals surface area contributed by atoms with Gasteiger partial charge >= 0.3 is 0 Å². The second-order valence-corrected chi connectivity index (χ2v) is 6.81. The van der Waals surface area contributed by atoms with Gasteiger partial charge in [-0.05, 0) is 48.3 Å². The van der Waals surface area contributed by atoms with Crippen molar-refractivity contribution < 1.29 is 9.32 Å². The zero-order chi connectivity index (χ0) is 14.0. The Morgan fingerprint density at radius 3 is 2.89 bits per heavy atom. The number of carbonyl (C=O) groups excluding carboxylic acids is 1. The van der Waals surface area contributed by atoms with Crippen molar-refractivity contribution in [2.24, 2.45) is 0 Å². The van der Waals surface area contributed by atoms with Crippen molar-refractivity contribution in [3.8, 4) is 10.6 Å². The minimum atomic E-state index is -0.132. The number of aryl methyl sites for hydroxylation is 1. The van der Waals surface area contributed by atoms with Gasteiger partial charge in [-0.2, -0.15) is 0 Å². The van der Waals surface area contributed by atoms with Crippen molar-refractivity contribution in [1.29, 1.82) is 0 Å². The Balaban J connectivity index is 2.35. The molecule has 0 aliphatic rings. The maximum absolute atomic E-state index is 12.3. The largest absolute Gasteiger partial charge is 0.360 e. The summed E-state index contributed by atoms with van der Waals surface area (Å²) in [4.78, 5) is 13.2. The Kier molecular flexibility index (Phi) is 4.42. The van der Waals surface area contributed by atoms with Crippen LogP contribution in [0.15, 0.2) is 20.4 Å². The number of thiophene rings is 1. The molecule has 6 heteroatoms. The third-order valence-corrected chi connectivity index (χ3v) is 4.52. The average molecular weight is 343 g/mol. The van der Waals surface area contributed by atoms with Gasteiger partial charge in [0, 0.05) is 6.04 Å². The molecule has 0 aromatic carbocycles. The van der Waals surface area contributed by atoms with Crippen LogP contribution in [0.25, 0.3) is 10.6 Å². The monoisotopic (exact) mass is 342 g/mol. The van der Waals surface area contributed by atoms with E-state index in [-0.39, 0.29) is 11.9 Å². The molecule has 0 spiro atoms. The molecule has 1 unspecified atom stereocenters. The van der Waals surface area contributed by atoms with Crippen LogP contribution in [0.1, 0.15) is 36.4 Å². The molecule has 4 nitrogen and oxygen atoms in total. The number of hydrogen-bond acceptors (Lipinski definition) is 4. The average Bonchev–Trinajstić information content (AvgIpc) is 2.95. The molecule has 0 radical (unpaired) electrons. The summed E-state index contributed by atoms with van der Waals surface area (Å²) in [6.07, 6.45) is 0.885. The Bertz CT molecular complexity index is 591. The van der Waals surface area contributed by atoms with Crippen molar-refractivity contribution in [2.75, 3.05) is 0 Å². The van der Waals surface area contributed by atoms with Crippen molar-refractivity contribution in [3.63, 3.8) is 0 Å². The van der Waals surface area contributed by atoms with Gasteiger partial charge in [-0.1, -0.05) is 12.1 Å². The maximum atomic E-state index is 12.3. The van der Waals surface area contributed by atoms with E-state index in [1.165, 1.54) is 11.3 Å². The molecular formula is C13H15BrN2O2S. The smallest absolute Gasteiger partial charge is 0.257 e. The number of amides is 1. The molecule has 0 saturated heterocycles. The number of hydrogen-bond donors (Lipinski definition) is 1. The first-order valence-corrected chi connectivity index (χ1v) is 7.66. The van der Waals surface area contributed by atoms with E-state index in [4.69, 9.17) is 4.52 Å². The van der Waals surface area contributed by atoms with Gasteiger partial charge in [-0.3, -0.25) is 4.79 Å². The summed E-state index contributed by atoms with van der Waals surface area (Å²) in [5.74, 6) is 0.410. The van der Waals surface area contributed by atoms with Gasteiger partial charge in [0.05, 0.1) is 8.66 Å². The van der Waals surface area contributed by atoms with E-state index in [0.717, 1.165) is 15.1 Å². The molecule has 2 rings (SSSR count). The number of aromatic nitrogens is 1. The molecule has 0 fully saturated rings. The van der Waals surface area contributed by atoms with Crippen LogP contribution in [0.5, 0.6) is 0 Å². The molecule has 1 atom stereocenters. The van der Waals surface area contributed by atoms with E-state index in [1.54, 1.807) is 6.92 Å². The van der Waals surface area contributed by atoms with Gasteiger partial charge in [-0.25, -0.2) is 0 Å². The lowest BCUT2D eigenvalue weighted by molar-refractivity contribution is 0.0938. The topological polar surface area (TPSA) is 55.1 Å². The predicted molar refractivity (Wildman–Crippen MR) is 79.5 cm³/mol. The zero-order valence-electron chi connectivity index (χ0n) is 11.0. The van der Waals surface area contributed by atoms with E-state index >= 15 is 0 Å². The minimum Gasteiger partial charge on any atom is -0.360 e. The van der Waals surface area contributed by atoms with Crippen LogP contribution < -0.4 is 5.32 Å². The number of halogens is 1. The Hall–Kier alpha value is -1.14. The first kappa shape index (κ1) is 14.3. The summed E-state index contributed by atoms with van der Waals surface area (Å²) in [5, 5.41) is 6.95. The van der Waals surface area contributed by atoms with E-state index in [9.17, 15) is 4.79 Å². The van der Waals surface area contributed by atoms with Gasteiger partial charge in [0.2, 0.25) is 0 Å². The van der Waals surface area contributed by atoms with Crippen LogP contribution in [0.2, 0.25) is 0 Å². The first-order valence-electron chi connectivity index (χ1n) is 6.05. The highest BCUT2D eigenvalue weighted by Crippen LogP contribution is 2.33. The molecule has 0 bridgehead atoms. The lowest BCUT2D eigenvalue weighted by Gasteiger charge is -2.10. The number of carbonyl (C=O) groups is 1. The van der Waals surface area contributed by atoms with Gasteiger partial charge < -0.3 is 9.84 Å². The second kappa shape index (κ2) is 5.88. The van der Waals surface area contributed by atoms with Crippen molar-refractivity contribution in [2.45, 2.75) is 33.2 Å². The molecule has 2 aromatic heterocycles. The number of nitrogens with zero attached hydrogens (tertiary/aromatic N) is 1.